The lowest BCUT2D eigenvalue weighted by Crippen LogP contribution is -2.46. The van der Waals surface area contributed by atoms with Crippen molar-refractivity contribution in [1.29, 1.82) is 0 Å². The summed E-state index contributed by atoms with van der Waals surface area (Å²) in [7, 11) is 0. The van der Waals surface area contributed by atoms with E-state index < -0.39 is 0 Å². The van der Waals surface area contributed by atoms with E-state index in [9.17, 15) is 0 Å². The minimum Gasteiger partial charge on any atom is -0.369 e. The van der Waals surface area contributed by atoms with E-state index in [-0.39, 0.29) is 24.0 Å². The standard InChI is InChI=1S/C20H33N5.HI/c1-3-21-20(23-18-8-9-18)22-10-5-11-24-12-14-25(15-13-24)19-7-4-6-17(2)16-19;/h4,6-7,16,18H,3,5,8-15H2,1-2H3,(H2,21,22,23);1H. The van der Waals surface area contributed by atoms with Gasteiger partial charge in [-0.1, -0.05) is 12.1 Å². The van der Waals surface area contributed by atoms with Crippen LogP contribution >= 0.6 is 24.0 Å². The Morgan fingerprint density at radius 1 is 1.19 bits per heavy atom. The number of nitrogens with one attached hydrogen (secondary N) is 2. The Kier molecular flexibility index (Phi) is 8.98. The molecule has 2 fully saturated rings. The summed E-state index contributed by atoms with van der Waals surface area (Å²) in [6.07, 6.45) is 3.71. The molecule has 26 heavy (non-hydrogen) atoms. The van der Waals surface area contributed by atoms with Gasteiger partial charge in [0.15, 0.2) is 5.96 Å². The molecule has 1 aliphatic heterocycles. The van der Waals surface area contributed by atoms with E-state index in [1.165, 1.54) is 24.1 Å². The minimum absolute atomic E-state index is 0. The highest BCUT2D eigenvalue weighted by molar-refractivity contribution is 14.0. The predicted octanol–water partition coefficient (Wildman–Crippen LogP) is 2.84. The first-order valence-corrected chi connectivity index (χ1v) is 9.83. The lowest BCUT2D eigenvalue weighted by atomic mass is 10.2. The molecular formula is C20H34IN5. The van der Waals surface area contributed by atoms with E-state index in [2.05, 4.69) is 58.5 Å². The number of piperazine rings is 1. The summed E-state index contributed by atoms with van der Waals surface area (Å²) in [5, 5.41) is 6.82. The Balaban J connectivity index is 0.00000243. The first-order chi connectivity index (χ1) is 12.2. The fraction of sp³-hybridized carbons (Fsp3) is 0.650. The molecule has 0 atom stereocenters. The molecule has 0 aromatic heterocycles. The molecule has 5 nitrogen and oxygen atoms in total. The van der Waals surface area contributed by atoms with Gasteiger partial charge in [-0.15, -0.1) is 24.0 Å². The maximum absolute atomic E-state index is 4.71. The van der Waals surface area contributed by atoms with E-state index in [1.807, 2.05) is 0 Å². The molecular weight excluding hydrogens is 437 g/mol. The van der Waals surface area contributed by atoms with E-state index in [1.54, 1.807) is 0 Å². The molecule has 146 valence electrons. The number of anilines is 1. The quantitative estimate of drug-likeness (QED) is 0.278. The monoisotopic (exact) mass is 471 g/mol. The van der Waals surface area contributed by atoms with Gasteiger partial charge in [0.25, 0.3) is 0 Å². The Morgan fingerprint density at radius 3 is 2.62 bits per heavy atom. The van der Waals surface area contributed by atoms with Crippen LogP contribution in [0.1, 0.15) is 31.7 Å². The summed E-state index contributed by atoms with van der Waals surface area (Å²) >= 11 is 0. The Hall–Kier alpha value is -1.02. The number of nitrogens with zero attached hydrogens (tertiary/aromatic N) is 3. The first-order valence-electron chi connectivity index (χ1n) is 9.83. The number of aryl methyl sites for hydroxylation is 1. The van der Waals surface area contributed by atoms with E-state index >= 15 is 0 Å². The number of benzene rings is 1. The van der Waals surface area contributed by atoms with Crippen LogP contribution in [0.25, 0.3) is 0 Å². The van der Waals surface area contributed by atoms with Crippen LogP contribution < -0.4 is 15.5 Å². The maximum Gasteiger partial charge on any atom is 0.191 e. The third-order valence-electron chi connectivity index (χ3n) is 4.90. The van der Waals surface area contributed by atoms with Gasteiger partial charge >= 0.3 is 0 Å². The third-order valence-corrected chi connectivity index (χ3v) is 4.90. The molecule has 3 rings (SSSR count). The van der Waals surface area contributed by atoms with Gasteiger partial charge in [0.2, 0.25) is 0 Å². The number of aliphatic imine (C=N–C) groups is 1. The molecule has 1 heterocycles. The largest absolute Gasteiger partial charge is 0.369 e. The second kappa shape index (κ2) is 11.0. The molecule has 1 saturated carbocycles. The lowest BCUT2D eigenvalue weighted by Gasteiger charge is -2.36. The average molecular weight is 471 g/mol. The zero-order chi connectivity index (χ0) is 17.5. The van der Waals surface area contributed by atoms with Gasteiger partial charge < -0.3 is 15.5 Å². The summed E-state index contributed by atoms with van der Waals surface area (Å²) in [5.74, 6) is 0.995. The van der Waals surface area contributed by atoms with Crippen molar-refractivity contribution in [3.05, 3.63) is 29.8 Å². The highest BCUT2D eigenvalue weighted by Crippen LogP contribution is 2.18. The molecule has 1 aliphatic carbocycles. The van der Waals surface area contributed by atoms with Gasteiger partial charge in [0, 0.05) is 57.5 Å². The molecule has 1 aromatic carbocycles. The zero-order valence-electron chi connectivity index (χ0n) is 16.2. The van der Waals surface area contributed by atoms with Crippen LogP contribution in [0.3, 0.4) is 0 Å². The number of halogens is 1. The predicted molar refractivity (Wildman–Crippen MR) is 122 cm³/mol. The van der Waals surface area contributed by atoms with Crippen LogP contribution in [0, 0.1) is 6.92 Å². The number of guanidine groups is 1. The number of hydrogen-bond acceptors (Lipinski definition) is 3. The highest BCUT2D eigenvalue weighted by atomic mass is 127. The summed E-state index contributed by atoms with van der Waals surface area (Å²) in [6.45, 7) is 11.8. The van der Waals surface area contributed by atoms with Crippen molar-refractivity contribution in [3.63, 3.8) is 0 Å². The zero-order valence-corrected chi connectivity index (χ0v) is 18.5. The van der Waals surface area contributed by atoms with Gasteiger partial charge in [-0.05, 0) is 50.8 Å². The Bertz CT molecular complexity index is 565. The van der Waals surface area contributed by atoms with E-state index in [0.717, 1.165) is 58.2 Å². The molecule has 2 N–H and O–H groups in total. The first kappa shape index (κ1) is 21.3. The van der Waals surface area contributed by atoms with Gasteiger partial charge in [-0.3, -0.25) is 9.89 Å². The molecule has 0 radical (unpaired) electrons. The van der Waals surface area contributed by atoms with E-state index in [0.29, 0.717) is 6.04 Å². The summed E-state index contributed by atoms with van der Waals surface area (Å²) in [5.41, 5.74) is 2.71. The summed E-state index contributed by atoms with van der Waals surface area (Å²) in [6, 6.07) is 9.51. The van der Waals surface area contributed by atoms with Crippen molar-refractivity contribution in [3.8, 4) is 0 Å². The van der Waals surface area contributed by atoms with Crippen LogP contribution in [-0.4, -0.2) is 62.7 Å². The molecule has 2 aliphatic rings. The van der Waals surface area contributed by atoms with Crippen molar-refractivity contribution in [2.24, 2.45) is 4.99 Å². The lowest BCUT2D eigenvalue weighted by molar-refractivity contribution is 0.256. The minimum atomic E-state index is 0. The van der Waals surface area contributed by atoms with Crippen LogP contribution in [0.4, 0.5) is 5.69 Å². The fourth-order valence-electron chi connectivity index (χ4n) is 3.28. The second-order valence-electron chi connectivity index (χ2n) is 7.20. The molecule has 1 aromatic rings. The van der Waals surface area contributed by atoms with Gasteiger partial charge in [0.05, 0.1) is 0 Å². The van der Waals surface area contributed by atoms with Crippen LogP contribution in [0.2, 0.25) is 0 Å². The van der Waals surface area contributed by atoms with Crippen molar-refractivity contribution < 1.29 is 0 Å². The summed E-state index contributed by atoms with van der Waals surface area (Å²) in [4.78, 5) is 9.78. The van der Waals surface area contributed by atoms with Crippen molar-refractivity contribution >= 4 is 35.6 Å². The van der Waals surface area contributed by atoms with Gasteiger partial charge in [-0.25, -0.2) is 0 Å². The number of rotatable bonds is 7. The maximum atomic E-state index is 4.71. The fourth-order valence-corrected chi connectivity index (χ4v) is 3.28. The highest BCUT2D eigenvalue weighted by Gasteiger charge is 2.22. The third kappa shape index (κ3) is 6.95. The molecule has 0 bridgehead atoms. The smallest absolute Gasteiger partial charge is 0.191 e. The molecule has 0 amide bonds. The average Bonchev–Trinajstić information content (AvgIpc) is 3.43. The molecule has 1 saturated heterocycles. The van der Waals surface area contributed by atoms with Crippen LogP contribution in [0.5, 0.6) is 0 Å². The van der Waals surface area contributed by atoms with Gasteiger partial charge in [0.1, 0.15) is 0 Å². The molecule has 0 unspecified atom stereocenters. The summed E-state index contributed by atoms with van der Waals surface area (Å²) < 4.78 is 0. The van der Waals surface area contributed by atoms with Crippen molar-refractivity contribution in [2.45, 2.75) is 39.2 Å². The normalized spacial score (nSPS) is 18.4. The van der Waals surface area contributed by atoms with Crippen molar-refractivity contribution in [1.82, 2.24) is 15.5 Å². The van der Waals surface area contributed by atoms with Crippen LogP contribution in [-0.2, 0) is 0 Å². The Labute approximate surface area is 175 Å². The number of hydrogen-bond donors (Lipinski definition) is 2. The molecule has 6 heteroatoms. The van der Waals surface area contributed by atoms with Crippen LogP contribution in [0.15, 0.2) is 29.3 Å². The Morgan fingerprint density at radius 2 is 1.96 bits per heavy atom. The topological polar surface area (TPSA) is 42.9 Å². The SMILES string of the molecule is CCNC(=NCCCN1CCN(c2cccc(C)c2)CC1)NC1CC1.I. The van der Waals surface area contributed by atoms with E-state index in [4.69, 9.17) is 4.99 Å². The second-order valence-corrected chi connectivity index (χ2v) is 7.20. The van der Waals surface area contributed by atoms with Crippen molar-refractivity contribution in [2.75, 3.05) is 50.7 Å². The molecule has 0 spiro atoms. The van der Waals surface area contributed by atoms with Gasteiger partial charge in [-0.2, -0.15) is 0 Å².